The van der Waals surface area contributed by atoms with Gasteiger partial charge in [-0.1, -0.05) is 13.3 Å². The number of ketones is 1. The van der Waals surface area contributed by atoms with Crippen molar-refractivity contribution in [2.45, 2.75) is 76.9 Å². The van der Waals surface area contributed by atoms with E-state index in [0.29, 0.717) is 11.7 Å². The maximum Gasteiger partial charge on any atom is 0.169 e. The van der Waals surface area contributed by atoms with E-state index in [2.05, 4.69) is 26.3 Å². The van der Waals surface area contributed by atoms with Gasteiger partial charge < -0.3 is 0 Å². The van der Waals surface area contributed by atoms with Crippen molar-refractivity contribution in [3.63, 3.8) is 0 Å². The molecule has 0 aromatic carbocycles. The minimum absolute atomic E-state index is 0.0433. The largest absolute Gasteiger partial charge is 0.296 e. The lowest BCUT2D eigenvalue weighted by molar-refractivity contribution is -0.207. The Kier molecular flexibility index (Phi) is 3.25. The second kappa shape index (κ2) is 4.56. The zero-order valence-corrected chi connectivity index (χ0v) is 12.5. The molecule has 0 aliphatic heterocycles. The fraction of sp³-hybridized carbons (Fsp3) is 0.938. The van der Waals surface area contributed by atoms with Crippen molar-refractivity contribution in [2.24, 2.45) is 17.8 Å². The molecule has 4 fully saturated rings. The van der Waals surface area contributed by atoms with E-state index in [1.807, 2.05) is 0 Å². The molecule has 4 saturated carbocycles. The summed E-state index contributed by atoms with van der Waals surface area (Å²) in [4.78, 5) is 18.7. The summed E-state index contributed by atoms with van der Waals surface area (Å²) in [7, 11) is 0. The van der Waals surface area contributed by atoms with Gasteiger partial charge in [-0.2, -0.15) is 5.48 Å². The molecule has 4 aliphatic rings. The average molecular weight is 265 g/mol. The van der Waals surface area contributed by atoms with Gasteiger partial charge in [0.2, 0.25) is 0 Å². The van der Waals surface area contributed by atoms with Crippen molar-refractivity contribution >= 4 is 5.78 Å². The van der Waals surface area contributed by atoms with Crippen LogP contribution in [0.5, 0.6) is 0 Å². The van der Waals surface area contributed by atoms with Gasteiger partial charge in [-0.15, -0.1) is 0 Å². The van der Waals surface area contributed by atoms with E-state index in [-0.39, 0.29) is 5.54 Å². The summed E-state index contributed by atoms with van der Waals surface area (Å²) in [6, 6.07) is 0. The molecule has 0 aromatic heterocycles. The van der Waals surface area contributed by atoms with Crippen molar-refractivity contribution in [3.8, 4) is 0 Å². The molecule has 2 atom stereocenters. The fourth-order valence-corrected chi connectivity index (χ4v) is 4.75. The van der Waals surface area contributed by atoms with Crippen LogP contribution in [0, 0.1) is 17.8 Å². The molecule has 3 nitrogen and oxygen atoms in total. The van der Waals surface area contributed by atoms with Gasteiger partial charge in [-0.05, 0) is 64.2 Å². The van der Waals surface area contributed by atoms with Crippen molar-refractivity contribution < 1.29 is 9.63 Å². The molecule has 0 radical (unpaired) electrons. The van der Waals surface area contributed by atoms with Gasteiger partial charge in [-0.3, -0.25) is 9.63 Å². The normalized spacial score (nSPS) is 41.0. The summed E-state index contributed by atoms with van der Waals surface area (Å²) >= 11 is 0. The average Bonchev–Trinajstić information content (AvgIpc) is 2.33. The minimum Gasteiger partial charge on any atom is -0.296 e. The zero-order valence-electron chi connectivity index (χ0n) is 12.5. The molecule has 0 amide bonds. The predicted molar refractivity (Wildman–Crippen MR) is 74.5 cm³/mol. The molecule has 2 unspecified atom stereocenters. The molecular weight excluding hydrogens is 238 g/mol. The summed E-state index contributed by atoms with van der Waals surface area (Å²) in [6.07, 6.45) is 7.67. The number of rotatable bonds is 5. The molecule has 4 rings (SSSR count). The van der Waals surface area contributed by atoms with Crippen LogP contribution in [0.15, 0.2) is 0 Å². The monoisotopic (exact) mass is 265 g/mol. The number of hydrogen-bond donors (Lipinski definition) is 1. The molecule has 0 heterocycles. The molecule has 0 saturated heterocycles. The number of hydroxylamine groups is 1. The van der Waals surface area contributed by atoms with Gasteiger partial charge in [0, 0.05) is 11.5 Å². The summed E-state index contributed by atoms with van der Waals surface area (Å²) in [6.45, 7) is 6.49. The van der Waals surface area contributed by atoms with Crippen molar-refractivity contribution in [1.82, 2.24) is 5.48 Å². The third-order valence-corrected chi connectivity index (χ3v) is 5.36. The maximum absolute atomic E-state index is 12.6. The van der Waals surface area contributed by atoms with E-state index < -0.39 is 5.60 Å². The maximum atomic E-state index is 12.6. The Morgan fingerprint density at radius 1 is 1.26 bits per heavy atom. The first-order chi connectivity index (χ1) is 8.94. The van der Waals surface area contributed by atoms with Crippen LogP contribution in [-0.2, 0) is 9.63 Å². The van der Waals surface area contributed by atoms with E-state index in [0.717, 1.165) is 50.4 Å². The SMILES string of the molecule is CCCC(C)(C)NOC12CC3CC(CC(C3)C1=O)C2. The van der Waals surface area contributed by atoms with E-state index in [9.17, 15) is 4.79 Å². The first-order valence-electron chi connectivity index (χ1n) is 7.93. The summed E-state index contributed by atoms with van der Waals surface area (Å²) in [5.74, 6) is 2.14. The fourth-order valence-electron chi connectivity index (χ4n) is 4.75. The van der Waals surface area contributed by atoms with E-state index in [4.69, 9.17) is 4.84 Å². The molecule has 108 valence electrons. The number of carbonyl (C=O) groups is 1. The minimum atomic E-state index is -0.486. The summed E-state index contributed by atoms with van der Waals surface area (Å²) < 4.78 is 0. The van der Waals surface area contributed by atoms with Crippen molar-refractivity contribution in [2.75, 3.05) is 0 Å². The predicted octanol–water partition coefficient (Wildman–Crippen LogP) is 3.23. The van der Waals surface area contributed by atoms with Crippen LogP contribution in [0.3, 0.4) is 0 Å². The topological polar surface area (TPSA) is 38.3 Å². The Hall–Kier alpha value is -0.410. The van der Waals surface area contributed by atoms with Crippen LogP contribution in [-0.4, -0.2) is 16.9 Å². The highest BCUT2D eigenvalue weighted by atomic mass is 16.7. The Bertz CT molecular complexity index is 363. The second-order valence-corrected chi connectivity index (χ2v) is 7.74. The number of carbonyl (C=O) groups excluding carboxylic acids is 1. The van der Waals surface area contributed by atoms with Crippen LogP contribution in [0.2, 0.25) is 0 Å². The van der Waals surface area contributed by atoms with Crippen LogP contribution >= 0.6 is 0 Å². The van der Waals surface area contributed by atoms with Gasteiger partial charge >= 0.3 is 0 Å². The number of nitrogens with one attached hydrogen (secondary N) is 1. The number of hydrogen-bond acceptors (Lipinski definition) is 3. The second-order valence-electron chi connectivity index (χ2n) is 7.74. The lowest BCUT2D eigenvalue weighted by atomic mass is 9.53. The van der Waals surface area contributed by atoms with E-state index >= 15 is 0 Å². The first kappa shape index (κ1) is 13.6. The van der Waals surface area contributed by atoms with Crippen LogP contribution in [0.4, 0.5) is 0 Å². The van der Waals surface area contributed by atoms with Crippen molar-refractivity contribution in [3.05, 3.63) is 0 Å². The first-order valence-corrected chi connectivity index (χ1v) is 7.93. The Labute approximate surface area is 116 Å². The molecule has 19 heavy (non-hydrogen) atoms. The van der Waals surface area contributed by atoms with Crippen molar-refractivity contribution in [1.29, 1.82) is 0 Å². The quantitative estimate of drug-likeness (QED) is 0.776. The van der Waals surface area contributed by atoms with E-state index in [1.165, 1.54) is 6.42 Å². The zero-order chi connectivity index (χ0) is 13.7. The summed E-state index contributed by atoms with van der Waals surface area (Å²) in [5, 5.41) is 0. The highest BCUT2D eigenvalue weighted by molar-refractivity contribution is 5.91. The third kappa shape index (κ3) is 2.36. The van der Waals surface area contributed by atoms with Crippen LogP contribution in [0.1, 0.15) is 65.7 Å². The van der Waals surface area contributed by atoms with Gasteiger partial charge in [0.25, 0.3) is 0 Å². The standard InChI is InChI=1S/C16H27NO2/c1-4-5-15(2,3)17-19-16-9-11-6-12(10-16)8-13(7-11)14(16)18/h11-13,17H,4-10H2,1-3H3. The van der Waals surface area contributed by atoms with Crippen LogP contribution in [0.25, 0.3) is 0 Å². The van der Waals surface area contributed by atoms with Gasteiger partial charge in [0.05, 0.1) is 0 Å². The molecule has 4 bridgehead atoms. The van der Waals surface area contributed by atoms with E-state index in [1.54, 1.807) is 0 Å². The lowest BCUT2D eigenvalue weighted by Gasteiger charge is -2.54. The highest BCUT2D eigenvalue weighted by Gasteiger charge is 2.58. The molecule has 0 spiro atoms. The molecule has 1 N–H and O–H groups in total. The Balaban J connectivity index is 1.71. The van der Waals surface area contributed by atoms with Gasteiger partial charge in [0.15, 0.2) is 5.78 Å². The number of Topliss-reactive ketones (excluding diaryl/α,β-unsaturated/α-hetero) is 1. The highest BCUT2D eigenvalue weighted by Crippen LogP contribution is 2.55. The Morgan fingerprint density at radius 3 is 2.47 bits per heavy atom. The molecule has 3 heteroatoms. The summed E-state index contributed by atoms with van der Waals surface area (Å²) in [5.41, 5.74) is 2.70. The Morgan fingerprint density at radius 2 is 1.89 bits per heavy atom. The lowest BCUT2D eigenvalue weighted by Crippen LogP contribution is -2.62. The molecular formula is C16H27NO2. The van der Waals surface area contributed by atoms with Gasteiger partial charge in [-0.25, -0.2) is 0 Å². The third-order valence-electron chi connectivity index (χ3n) is 5.36. The molecule has 4 aliphatic carbocycles. The van der Waals surface area contributed by atoms with Crippen LogP contribution < -0.4 is 5.48 Å². The smallest absolute Gasteiger partial charge is 0.169 e. The molecule has 0 aromatic rings. The van der Waals surface area contributed by atoms with Gasteiger partial charge in [0.1, 0.15) is 5.60 Å².